The number of rotatable bonds is 5. The van der Waals surface area contributed by atoms with E-state index >= 15 is 0 Å². The van der Waals surface area contributed by atoms with Crippen molar-refractivity contribution in [3.63, 3.8) is 0 Å². The van der Waals surface area contributed by atoms with Gasteiger partial charge in [0.25, 0.3) is 5.91 Å². The van der Waals surface area contributed by atoms with Gasteiger partial charge >= 0.3 is 0 Å². The molecule has 8 heteroatoms. The number of halogens is 2. The van der Waals surface area contributed by atoms with Crippen LogP contribution >= 0.6 is 11.6 Å². The van der Waals surface area contributed by atoms with E-state index < -0.39 is 0 Å². The molecule has 4 N–H and O–H groups in total. The summed E-state index contributed by atoms with van der Waals surface area (Å²) < 4.78 is 12.9. The summed E-state index contributed by atoms with van der Waals surface area (Å²) in [7, 11) is 0. The Hall–Kier alpha value is -3.19. The smallest absolute Gasteiger partial charge is 0.255 e. The molecule has 0 saturated carbocycles. The van der Waals surface area contributed by atoms with Crippen LogP contribution in [0.5, 0.6) is 0 Å². The molecule has 1 atom stereocenters. The molecule has 138 valence electrons. The van der Waals surface area contributed by atoms with Crippen LogP contribution in [0.3, 0.4) is 0 Å². The summed E-state index contributed by atoms with van der Waals surface area (Å²) >= 11 is 5.88. The number of nitrogen functional groups attached to an aromatic ring is 1. The van der Waals surface area contributed by atoms with Crippen molar-refractivity contribution in [1.29, 1.82) is 0 Å². The molecule has 0 saturated heterocycles. The van der Waals surface area contributed by atoms with Crippen LogP contribution in [0, 0.1) is 5.82 Å². The van der Waals surface area contributed by atoms with Gasteiger partial charge in [0.05, 0.1) is 0 Å². The summed E-state index contributed by atoms with van der Waals surface area (Å²) in [5.74, 6) is -0.0751. The van der Waals surface area contributed by atoms with Crippen LogP contribution in [-0.2, 0) is 0 Å². The molecule has 0 fully saturated rings. The fourth-order valence-corrected chi connectivity index (χ4v) is 2.66. The van der Waals surface area contributed by atoms with E-state index in [-0.39, 0.29) is 28.9 Å². The monoisotopic (exact) mass is 385 g/mol. The Morgan fingerprint density at radius 1 is 1.11 bits per heavy atom. The number of aromatic nitrogens is 2. The molecule has 6 nitrogen and oxygen atoms in total. The van der Waals surface area contributed by atoms with Crippen molar-refractivity contribution in [1.82, 2.24) is 9.97 Å². The maximum atomic E-state index is 12.9. The summed E-state index contributed by atoms with van der Waals surface area (Å²) in [6.45, 7) is 1.96. The number of nitrogens with two attached hydrogens (primary N) is 1. The minimum Gasteiger partial charge on any atom is -0.368 e. The van der Waals surface area contributed by atoms with Crippen LogP contribution in [0.4, 0.5) is 21.8 Å². The number of carbonyl (C=O) groups is 1. The molecule has 1 heterocycles. The maximum absolute atomic E-state index is 12.9. The Kier molecular flexibility index (Phi) is 5.52. The van der Waals surface area contributed by atoms with E-state index in [9.17, 15) is 9.18 Å². The molecule has 1 amide bonds. The van der Waals surface area contributed by atoms with Gasteiger partial charge in [0, 0.05) is 23.4 Å². The summed E-state index contributed by atoms with van der Waals surface area (Å²) in [6, 6.07) is 14.2. The lowest BCUT2D eigenvalue weighted by molar-refractivity contribution is 0.102. The number of anilines is 3. The van der Waals surface area contributed by atoms with Crippen molar-refractivity contribution in [2.45, 2.75) is 13.0 Å². The van der Waals surface area contributed by atoms with Gasteiger partial charge in [-0.25, -0.2) is 9.37 Å². The van der Waals surface area contributed by atoms with E-state index in [2.05, 4.69) is 20.6 Å². The first-order valence-electron chi connectivity index (χ1n) is 8.14. The quantitative estimate of drug-likeness (QED) is 0.570. The first-order chi connectivity index (χ1) is 12.9. The first-order valence-corrected chi connectivity index (χ1v) is 8.52. The van der Waals surface area contributed by atoms with Crippen LogP contribution in [0.2, 0.25) is 5.15 Å². The fourth-order valence-electron chi connectivity index (χ4n) is 2.47. The number of nitrogens with one attached hydrogen (secondary N) is 2. The van der Waals surface area contributed by atoms with E-state index in [1.807, 2.05) is 19.1 Å². The third kappa shape index (κ3) is 4.92. The Balaban J connectivity index is 1.65. The number of amides is 1. The highest BCUT2D eigenvalue weighted by Crippen LogP contribution is 2.22. The van der Waals surface area contributed by atoms with Gasteiger partial charge in [0.1, 0.15) is 16.8 Å². The predicted octanol–water partition coefficient (Wildman–Crippen LogP) is 4.28. The van der Waals surface area contributed by atoms with Crippen molar-refractivity contribution in [2.75, 3.05) is 16.4 Å². The molecular formula is C19H17ClFN5O. The lowest BCUT2D eigenvalue weighted by Gasteiger charge is -2.16. The number of nitrogens with zero attached hydrogens (tertiary/aromatic N) is 2. The normalized spacial score (nSPS) is 11.7. The summed E-state index contributed by atoms with van der Waals surface area (Å²) in [6.07, 6.45) is 0. The molecule has 0 spiro atoms. The molecule has 27 heavy (non-hydrogen) atoms. The topological polar surface area (TPSA) is 92.9 Å². The van der Waals surface area contributed by atoms with Crippen molar-refractivity contribution in [3.8, 4) is 0 Å². The summed E-state index contributed by atoms with van der Waals surface area (Å²) in [5.41, 5.74) is 7.58. The Morgan fingerprint density at radius 3 is 2.41 bits per heavy atom. The van der Waals surface area contributed by atoms with Crippen LogP contribution in [-0.4, -0.2) is 15.9 Å². The highest BCUT2D eigenvalue weighted by molar-refractivity contribution is 6.29. The van der Waals surface area contributed by atoms with Gasteiger partial charge in [-0.05, 0) is 48.9 Å². The van der Waals surface area contributed by atoms with Gasteiger partial charge in [-0.15, -0.1) is 0 Å². The maximum Gasteiger partial charge on any atom is 0.255 e. The number of hydrogen-bond donors (Lipinski definition) is 3. The average Bonchev–Trinajstić information content (AvgIpc) is 2.62. The van der Waals surface area contributed by atoms with Gasteiger partial charge in [-0.2, -0.15) is 4.98 Å². The molecule has 3 aromatic rings. The Labute approximate surface area is 160 Å². The number of benzene rings is 2. The van der Waals surface area contributed by atoms with Crippen molar-refractivity contribution in [3.05, 3.63) is 76.7 Å². The minimum atomic E-state index is -0.385. The third-order valence-corrected chi connectivity index (χ3v) is 4.05. The van der Waals surface area contributed by atoms with Crippen LogP contribution in [0.1, 0.15) is 28.9 Å². The Bertz CT molecular complexity index is 927. The molecule has 1 unspecified atom stereocenters. The van der Waals surface area contributed by atoms with Crippen LogP contribution < -0.4 is 16.4 Å². The lowest BCUT2D eigenvalue weighted by atomic mass is 10.1. The molecule has 0 radical (unpaired) electrons. The number of hydrogen-bond acceptors (Lipinski definition) is 5. The predicted molar refractivity (Wildman–Crippen MR) is 104 cm³/mol. The zero-order chi connectivity index (χ0) is 19.4. The van der Waals surface area contributed by atoms with Crippen molar-refractivity contribution >= 4 is 35.0 Å². The molecule has 2 aromatic carbocycles. The van der Waals surface area contributed by atoms with E-state index in [1.165, 1.54) is 24.3 Å². The highest BCUT2D eigenvalue weighted by atomic mass is 35.5. The molecule has 1 aromatic heterocycles. The average molecular weight is 386 g/mol. The largest absolute Gasteiger partial charge is 0.368 e. The molecule has 0 aliphatic heterocycles. The van der Waals surface area contributed by atoms with Crippen molar-refractivity contribution in [2.24, 2.45) is 0 Å². The third-order valence-electron chi connectivity index (χ3n) is 3.85. The second kappa shape index (κ2) is 8.01. The van der Waals surface area contributed by atoms with Gasteiger partial charge in [-0.1, -0.05) is 23.7 Å². The van der Waals surface area contributed by atoms with E-state index in [0.29, 0.717) is 17.1 Å². The summed E-state index contributed by atoms with van der Waals surface area (Å²) in [4.78, 5) is 20.1. The molecule has 0 bridgehead atoms. The zero-order valence-electron chi connectivity index (χ0n) is 14.4. The van der Waals surface area contributed by atoms with Crippen molar-refractivity contribution < 1.29 is 9.18 Å². The lowest BCUT2D eigenvalue weighted by Crippen LogP contribution is -2.12. The minimum absolute atomic E-state index is 0.0720. The highest BCUT2D eigenvalue weighted by Gasteiger charge is 2.10. The second-order valence-corrected chi connectivity index (χ2v) is 6.27. The van der Waals surface area contributed by atoms with E-state index in [4.69, 9.17) is 17.3 Å². The standard InChI is InChI=1S/C19H17ClFN5O/c1-11(23-17-10-16(20)25-19(22)26-17)12-4-8-15(9-5-12)24-18(27)13-2-6-14(21)7-3-13/h2-11H,1H3,(H,24,27)(H3,22,23,25,26). The fraction of sp³-hybridized carbons (Fsp3) is 0.105. The van der Waals surface area contributed by atoms with Gasteiger partial charge < -0.3 is 16.4 Å². The molecule has 0 aliphatic carbocycles. The number of carbonyl (C=O) groups excluding carboxylic acids is 1. The van der Waals surface area contributed by atoms with Gasteiger partial charge in [0.2, 0.25) is 5.95 Å². The Morgan fingerprint density at radius 2 is 1.78 bits per heavy atom. The first kappa shape index (κ1) is 18.6. The van der Waals surface area contributed by atoms with Crippen LogP contribution in [0.15, 0.2) is 54.6 Å². The molecule has 0 aliphatic rings. The van der Waals surface area contributed by atoms with E-state index in [0.717, 1.165) is 5.56 Å². The van der Waals surface area contributed by atoms with E-state index in [1.54, 1.807) is 18.2 Å². The SMILES string of the molecule is CC(Nc1cc(Cl)nc(N)n1)c1ccc(NC(=O)c2ccc(F)cc2)cc1. The van der Waals surface area contributed by atoms with Gasteiger partial charge in [0.15, 0.2) is 0 Å². The molecule has 3 rings (SSSR count). The molecular weight excluding hydrogens is 369 g/mol. The van der Waals surface area contributed by atoms with Crippen LogP contribution in [0.25, 0.3) is 0 Å². The second-order valence-electron chi connectivity index (χ2n) is 5.88. The summed E-state index contributed by atoms with van der Waals surface area (Å²) in [5, 5.41) is 6.23. The zero-order valence-corrected chi connectivity index (χ0v) is 15.2. The van der Waals surface area contributed by atoms with Gasteiger partial charge in [-0.3, -0.25) is 4.79 Å².